The maximum absolute atomic E-state index is 11.6. The van der Waals surface area contributed by atoms with Crippen molar-refractivity contribution in [3.05, 3.63) is 54.2 Å². The lowest BCUT2D eigenvalue weighted by atomic mass is 10.2. The van der Waals surface area contributed by atoms with Crippen LogP contribution in [0.5, 0.6) is 0 Å². The van der Waals surface area contributed by atoms with Crippen molar-refractivity contribution in [2.24, 2.45) is 0 Å². The van der Waals surface area contributed by atoms with Crippen molar-refractivity contribution in [2.45, 2.75) is 6.61 Å². The van der Waals surface area contributed by atoms with Crippen LogP contribution >= 0.6 is 0 Å². The third kappa shape index (κ3) is 5.12. The van der Waals surface area contributed by atoms with Crippen molar-refractivity contribution in [3.8, 4) is 0 Å². The number of alkyl carbamates (subject to hydrolysis) is 1. The molecule has 0 radical (unpaired) electrons. The fourth-order valence-electron chi connectivity index (χ4n) is 1.61. The molecule has 0 aliphatic rings. The minimum Gasteiger partial charge on any atom is -0.445 e. The number of anilines is 2. The van der Waals surface area contributed by atoms with Gasteiger partial charge in [0.05, 0.1) is 11.9 Å². The Labute approximate surface area is 127 Å². The van der Waals surface area contributed by atoms with Gasteiger partial charge in [-0.2, -0.15) is 0 Å². The largest absolute Gasteiger partial charge is 0.445 e. The molecule has 0 saturated carbocycles. The minimum absolute atomic E-state index is 0.149. The van der Waals surface area contributed by atoms with Crippen molar-refractivity contribution in [1.29, 1.82) is 0 Å². The van der Waals surface area contributed by atoms with Gasteiger partial charge in [-0.3, -0.25) is 4.79 Å². The van der Waals surface area contributed by atoms with Crippen LogP contribution in [0.15, 0.2) is 48.7 Å². The van der Waals surface area contributed by atoms with E-state index in [4.69, 9.17) is 10.5 Å². The highest BCUT2D eigenvalue weighted by Crippen LogP contribution is 2.06. The monoisotopic (exact) mass is 300 g/mol. The average molecular weight is 300 g/mol. The minimum atomic E-state index is -0.658. The van der Waals surface area contributed by atoms with Crippen molar-refractivity contribution < 1.29 is 14.3 Å². The van der Waals surface area contributed by atoms with Crippen LogP contribution in [0.1, 0.15) is 5.56 Å². The first-order valence-electron chi connectivity index (χ1n) is 6.59. The molecule has 4 N–H and O–H groups in total. The molecule has 0 aliphatic heterocycles. The smallest absolute Gasteiger partial charge is 0.407 e. The van der Waals surface area contributed by atoms with Crippen LogP contribution < -0.4 is 16.4 Å². The van der Waals surface area contributed by atoms with Gasteiger partial charge >= 0.3 is 6.09 Å². The Kier molecular flexibility index (Phi) is 5.31. The van der Waals surface area contributed by atoms with Gasteiger partial charge in [0.1, 0.15) is 19.0 Å². The number of pyridine rings is 1. The van der Waals surface area contributed by atoms with Crippen LogP contribution in [0, 0.1) is 0 Å². The van der Waals surface area contributed by atoms with Gasteiger partial charge in [-0.1, -0.05) is 30.3 Å². The molecule has 1 heterocycles. The maximum Gasteiger partial charge on any atom is 0.407 e. The van der Waals surface area contributed by atoms with Crippen molar-refractivity contribution in [3.63, 3.8) is 0 Å². The number of ether oxygens (including phenoxy) is 1. The number of nitrogens with two attached hydrogens (primary N) is 1. The number of carbonyl (C=O) groups is 2. The molecule has 2 rings (SSSR count). The van der Waals surface area contributed by atoms with E-state index >= 15 is 0 Å². The summed E-state index contributed by atoms with van der Waals surface area (Å²) in [5, 5.41) is 4.94. The summed E-state index contributed by atoms with van der Waals surface area (Å²) in [4.78, 5) is 27.0. The molecule has 0 saturated heterocycles. The van der Waals surface area contributed by atoms with Crippen LogP contribution in [-0.4, -0.2) is 23.5 Å². The molecule has 1 aromatic carbocycles. The van der Waals surface area contributed by atoms with E-state index in [1.165, 1.54) is 6.20 Å². The Hall–Kier alpha value is -3.09. The standard InChI is InChI=1S/C15H16N4O3/c16-13-7-6-12(8-17-13)19-14(20)9-18-15(21)22-10-11-4-2-1-3-5-11/h1-8H,9-10H2,(H2,16,17)(H,18,21)(H,19,20). The number of nitrogens with zero attached hydrogens (tertiary/aromatic N) is 1. The summed E-state index contributed by atoms with van der Waals surface area (Å²) in [5.41, 5.74) is 6.81. The van der Waals surface area contributed by atoms with E-state index in [0.29, 0.717) is 11.5 Å². The number of nitrogens with one attached hydrogen (secondary N) is 2. The van der Waals surface area contributed by atoms with Crippen LogP contribution in [0.4, 0.5) is 16.3 Å². The number of rotatable bonds is 5. The molecule has 1 aromatic heterocycles. The molecule has 0 aliphatic carbocycles. The van der Waals surface area contributed by atoms with E-state index in [1.54, 1.807) is 12.1 Å². The fraction of sp³-hybridized carbons (Fsp3) is 0.133. The second kappa shape index (κ2) is 7.63. The van der Waals surface area contributed by atoms with Crippen LogP contribution in [0.2, 0.25) is 0 Å². The molecule has 0 fully saturated rings. The molecule has 2 aromatic rings. The number of nitrogen functional groups attached to an aromatic ring is 1. The summed E-state index contributed by atoms with van der Waals surface area (Å²) in [5.74, 6) is -0.0242. The van der Waals surface area contributed by atoms with E-state index < -0.39 is 6.09 Å². The number of aromatic nitrogens is 1. The van der Waals surface area contributed by atoms with Crippen molar-refractivity contribution >= 4 is 23.5 Å². The van der Waals surface area contributed by atoms with Gasteiger partial charge in [0.25, 0.3) is 0 Å². The van der Waals surface area contributed by atoms with Gasteiger partial charge in [0.15, 0.2) is 0 Å². The van der Waals surface area contributed by atoms with E-state index in [2.05, 4.69) is 15.6 Å². The van der Waals surface area contributed by atoms with Crippen molar-refractivity contribution in [2.75, 3.05) is 17.6 Å². The second-order valence-electron chi connectivity index (χ2n) is 4.44. The molecule has 7 heteroatoms. The molecule has 0 spiro atoms. The van der Waals surface area contributed by atoms with Crippen LogP contribution in [0.3, 0.4) is 0 Å². The third-order valence-corrected chi connectivity index (χ3v) is 2.68. The molecule has 22 heavy (non-hydrogen) atoms. The lowest BCUT2D eigenvalue weighted by Gasteiger charge is -2.08. The van der Waals surface area contributed by atoms with E-state index in [9.17, 15) is 9.59 Å². The Morgan fingerprint density at radius 3 is 2.59 bits per heavy atom. The van der Waals surface area contributed by atoms with E-state index in [1.807, 2.05) is 30.3 Å². The summed E-state index contributed by atoms with van der Waals surface area (Å²) in [7, 11) is 0. The molecule has 0 bridgehead atoms. The Morgan fingerprint density at radius 2 is 1.91 bits per heavy atom. The van der Waals surface area contributed by atoms with Crippen molar-refractivity contribution in [1.82, 2.24) is 10.3 Å². The highest BCUT2D eigenvalue weighted by Gasteiger charge is 2.07. The Balaban J connectivity index is 1.69. The predicted octanol–water partition coefficient (Wildman–Crippen LogP) is 1.53. The zero-order valence-electron chi connectivity index (χ0n) is 11.8. The molecular formula is C15H16N4O3. The van der Waals surface area contributed by atoms with Crippen LogP contribution in [0.25, 0.3) is 0 Å². The quantitative estimate of drug-likeness (QED) is 0.776. The highest BCUT2D eigenvalue weighted by molar-refractivity contribution is 5.93. The first-order valence-corrected chi connectivity index (χ1v) is 6.59. The summed E-state index contributed by atoms with van der Waals surface area (Å²) in [6.07, 6.45) is 0.774. The van der Waals surface area contributed by atoms with E-state index in [-0.39, 0.29) is 19.1 Å². The first kappa shape index (κ1) is 15.3. The lowest BCUT2D eigenvalue weighted by Crippen LogP contribution is -2.33. The van der Waals surface area contributed by atoms with E-state index in [0.717, 1.165) is 5.56 Å². The number of hydrogen-bond acceptors (Lipinski definition) is 5. The average Bonchev–Trinajstić information content (AvgIpc) is 2.54. The molecule has 114 valence electrons. The summed E-state index contributed by atoms with van der Waals surface area (Å²) >= 11 is 0. The zero-order chi connectivity index (χ0) is 15.8. The maximum atomic E-state index is 11.6. The van der Waals surface area contributed by atoms with Gasteiger partial charge in [-0.25, -0.2) is 9.78 Å². The topological polar surface area (TPSA) is 106 Å². The van der Waals surface area contributed by atoms with Gasteiger partial charge in [-0.05, 0) is 17.7 Å². The summed E-state index contributed by atoms with van der Waals surface area (Å²) in [6.45, 7) is -0.0474. The molecule has 0 unspecified atom stereocenters. The third-order valence-electron chi connectivity index (χ3n) is 2.68. The first-order chi connectivity index (χ1) is 10.6. The van der Waals surface area contributed by atoms with Gasteiger partial charge < -0.3 is 21.1 Å². The number of benzene rings is 1. The summed E-state index contributed by atoms with van der Waals surface area (Å²) in [6, 6.07) is 12.4. The predicted molar refractivity (Wildman–Crippen MR) is 81.9 cm³/mol. The molecule has 2 amide bonds. The number of hydrogen-bond donors (Lipinski definition) is 3. The van der Waals surface area contributed by atoms with Gasteiger partial charge in [0, 0.05) is 0 Å². The molecule has 0 atom stereocenters. The second-order valence-corrected chi connectivity index (χ2v) is 4.44. The van der Waals surface area contributed by atoms with Crippen LogP contribution in [-0.2, 0) is 16.1 Å². The SMILES string of the molecule is Nc1ccc(NC(=O)CNC(=O)OCc2ccccc2)cn1. The number of amides is 2. The van der Waals surface area contributed by atoms with Gasteiger partial charge in [-0.15, -0.1) is 0 Å². The fourth-order valence-corrected chi connectivity index (χ4v) is 1.61. The zero-order valence-corrected chi connectivity index (χ0v) is 11.8. The Morgan fingerprint density at radius 1 is 1.14 bits per heavy atom. The highest BCUT2D eigenvalue weighted by atomic mass is 16.5. The lowest BCUT2D eigenvalue weighted by molar-refractivity contribution is -0.115. The summed E-state index contributed by atoms with van der Waals surface area (Å²) < 4.78 is 4.99. The molecule has 7 nitrogen and oxygen atoms in total. The van der Waals surface area contributed by atoms with Gasteiger partial charge in [0.2, 0.25) is 5.91 Å². The Bertz CT molecular complexity index is 629. The molecular weight excluding hydrogens is 284 g/mol. The number of carbonyl (C=O) groups excluding carboxylic acids is 2. The normalized spacial score (nSPS) is 9.82.